The molecule has 4 aliphatic carbocycles. The van der Waals surface area contributed by atoms with E-state index in [2.05, 4.69) is 78.9 Å². The van der Waals surface area contributed by atoms with Gasteiger partial charge < -0.3 is 4.74 Å². The van der Waals surface area contributed by atoms with Crippen LogP contribution in [0.2, 0.25) is 0 Å². The minimum absolute atomic E-state index is 0.103. The molecule has 2 fully saturated rings. The Balaban J connectivity index is 1.24. The molecule has 4 unspecified atom stereocenters. The van der Waals surface area contributed by atoms with Crippen molar-refractivity contribution in [2.45, 2.75) is 31.1 Å². The molecule has 0 aromatic heterocycles. The highest BCUT2D eigenvalue weighted by Crippen LogP contribution is 2.67. The zero-order valence-corrected chi connectivity index (χ0v) is 20.4. The zero-order chi connectivity index (χ0) is 23.7. The molecule has 4 aliphatic rings. The summed E-state index contributed by atoms with van der Waals surface area (Å²) in [6, 6.07) is 35.2. The standard InChI is InChI=1S/C35H30O/c1-3-7-23(8-4-1)17-24-11-15-29-30-16-14-28(36-27-9-5-2-6-10-27)20-34(30)35(33(29)18-24)21-31-25-12-13-26(19-25)32(31)22-35/h1-16,18,20,25-26,31-32H,17,19,21-22H2. The molecule has 0 heterocycles. The second kappa shape index (κ2) is 7.71. The lowest BCUT2D eigenvalue weighted by molar-refractivity contribution is 0.364. The van der Waals surface area contributed by atoms with E-state index >= 15 is 0 Å². The van der Waals surface area contributed by atoms with E-state index < -0.39 is 0 Å². The predicted octanol–water partition coefficient (Wildman–Crippen LogP) is 8.57. The molecule has 1 heteroatoms. The molecule has 176 valence electrons. The van der Waals surface area contributed by atoms with Crippen LogP contribution in [0.5, 0.6) is 11.5 Å². The Labute approximate surface area is 213 Å². The number of rotatable bonds is 4. The van der Waals surface area contributed by atoms with E-state index in [1.807, 2.05) is 30.3 Å². The fourth-order valence-corrected chi connectivity index (χ4v) is 8.11. The van der Waals surface area contributed by atoms with Crippen molar-refractivity contribution in [3.05, 3.63) is 131 Å². The lowest BCUT2D eigenvalue weighted by Gasteiger charge is -2.29. The second-order valence-electron chi connectivity index (χ2n) is 11.4. The van der Waals surface area contributed by atoms with Crippen LogP contribution in [0.1, 0.15) is 41.5 Å². The molecular weight excluding hydrogens is 436 g/mol. The zero-order valence-electron chi connectivity index (χ0n) is 20.4. The van der Waals surface area contributed by atoms with E-state index in [0.717, 1.165) is 41.6 Å². The summed E-state index contributed by atoms with van der Waals surface area (Å²) in [5, 5.41) is 0. The Kier molecular flexibility index (Phi) is 4.41. The summed E-state index contributed by atoms with van der Waals surface area (Å²) in [4.78, 5) is 0. The molecule has 0 saturated heterocycles. The smallest absolute Gasteiger partial charge is 0.127 e. The van der Waals surface area contributed by atoms with Gasteiger partial charge in [-0.05, 0) is 107 Å². The summed E-state index contributed by atoms with van der Waals surface area (Å²) in [5.74, 6) is 5.05. The van der Waals surface area contributed by atoms with Crippen LogP contribution in [0.25, 0.3) is 11.1 Å². The van der Waals surface area contributed by atoms with Gasteiger partial charge in [-0.25, -0.2) is 0 Å². The Morgan fingerprint density at radius 2 is 1.25 bits per heavy atom. The van der Waals surface area contributed by atoms with Gasteiger partial charge in [-0.1, -0.05) is 84.9 Å². The number of para-hydroxylation sites is 1. The number of fused-ring (bicyclic) bond motifs is 10. The van der Waals surface area contributed by atoms with Crippen molar-refractivity contribution in [2.24, 2.45) is 23.7 Å². The van der Waals surface area contributed by atoms with Gasteiger partial charge in [0.1, 0.15) is 11.5 Å². The van der Waals surface area contributed by atoms with Gasteiger partial charge in [-0.15, -0.1) is 0 Å². The van der Waals surface area contributed by atoms with Gasteiger partial charge in [0, 0.05) is 5.41 Å². The van der Waals surface area contributed by atoms with Gasteiger partial charge in [-0.3, -0.25) is 0 Å². The fraction of sp³-hybridized carbons (Fsp3) is 0.257. The van der Waals surface area contributed by atoms with Gasteiger partial charge in [-0.2, -0.15) is 0 Å². The highest BCUT2D eigenvalue weighted by atomic mass is 16.5. The van der Waals surface area contributed by atoms with Crippen molar-refractivity contribution < 1.29 is 4.74 Å². The summed E-state index contributed by atoms with van der Waals surface area (Å²) in [6.45, 7) is 0. The van der Waals surface area contributed by atoms with Crippen LogP contribution in [0.15, 0.2) is 109 Å². The van der Waals surface area contributed by atoms with E-state index in [0.29, 0.717) is 0 Å². The van der Waals surface area contributed by atoms with Gasteiger partial charge in [0.15, 0.2) is 0 Å². The summed E-state index contributed by atoms with van der Waals surface area (Å²) < 4.78 is 6.34. The minimum atomic E-state index is 0.103. The third kappa shape index (κ3) is 3.02. The maximum absolute atomic E-state index is 6.34. The average Bonchev–Trinajstić information content (AvgIpc) is 3.67. The summed E-state index contributed by atoms with van der Waals surface area (Å²) in [7, 11) is 0. The van der Waals surface area contributed by atoms with E-state index in [9.17, 15) is 0 Å². The second-order valence-corrected chi connectivity index (χ2v) is 11.4. The van der Waals surface area contributed by atoms with E-state index in [1.165, 1.54) is 47.1 Å². The summed E-state index contributed by atoms with van der Waals surface area (Å²) >= 11 is 0. The van der Waals surface area contributed by atoms with Gasteiger partial charge in [0.05, 0.1) is 0 Å². The van der Waals surface area contributed by atoms with Gasteiger partial charge >= 0.3 is 0 Å². The molecular formula is C35H30O. The van der Waals surface area contributed by atoms with Crippen LogP contribution in [0.3, 0.4) is 0 Å². The highest BCUT2D eigenvalue weighted by molar-refractivity contribution is 5.82. The van der Waals surface area contributed by atoms with Crippen molar-refractivity contribution in [3.8, 4) is 22.6 Å². The number of hydrogen-bond acceptors (Lipinski definition) is 1. The fourth-order valence-electron chi connectivity index (χ4n) is 8.11. The molecule has 0 amide bonds. The Bertz CT molecular complexity index is 1370. The van der Waals surface area contributed by atoms with Crippen LogP contribution in [0, 0.1) is 23.7 Å². The minimum Gasteiger partial charge on any atom is -0.457 e. The molecule has 36 heavy (non-hydrogen) atoms. The first-order valence-electron chi connectivity index (χ1n) is 13.5. The lowest BCUT2D eigenvalue weighted by Crippen LogP contribution is -2.23. The molecule has 8 rings (SSSR count). The molecule has 4 aromatic carbocycles. The Morgan fingerprint density at radius 3 is 1.97 bits per heavy atom. The van der Waals surface area contributed by atoms with Crippen LogP contribution >= 0.6 is 0 Å². The molecule has 0 N–H and O–H groups in total. The molecule has 1 spiro atoms. The normalized spacial score (nSPS) is 28.3. The SMILES string of the molecule is C1=CC2CC1C1CC3(CC21)c1cc(Cc2ccccc2)ccc1-c1ccc(Oc2ccccc2)cc13. The topological polar surface area (TPSA) is 9.23 Å². The first kappa shape index (κ1) is 20.6. The average molecular weight is 467 g/mol. The third-order valence-corrected chi connectivity index (χ3v) is 9.59. The van der Waals surface area contributed by atoms with Crippen molar-refractivity contribution in [1.29, 1.82) is 0 Å². The number of ether oxygens (including phenoxy) is 1. The van der Waals surface area contributed by atoms with Gasteiger partial charge in [0.25, 0.3) is 0 Å². The van der Waals surface area contributed by atoms with Crippen LogP contribution in [-0.2, 0) is 11.8 Å². The first-order valence-corrected chi connectivity index (χ1v) is 13.5. The van der Waals surface area contributed by atoms with Crippen LogP contribution in [0.4, 0.5) is 0 Å². The molecule has 4 aromatic rings. The quantitative estimate of drug-likeness (QED) is 0.274. The molecule has 2 bridgehead atoms. The molecule has 4 atom stereocenters. The van der Waals surface area contributed by atoms with Crippen LogP contribution in [-0.4, -0.2) is 0 Å². The van der Waals surface area contributed by atoms with E-state index in [1.54, 1.807) is 5.56 Å². The number of benzene rings is 4. The van der Waals surface area contributed by atoms with E-state index in [-0.39, 0.29) is 5.41 Å². The molecule has 1 nitrogen and oxygen atoms in total. The maximum atomic E-state index is 6.34. The molecule has 0 radical (unpaired) electrons. The Hall–Kier alpha value is -3.58. The monoisotopic (exact) mass is 466 g/mol. The molecule has 0 aliphatic heterocycles. The third-order valence-electron chi connectivity index (χ3n) is 9.59. The Morgan fingerprint density at radius 1 is 0.611 bits per heavy atom. The van der Waals surface area contributed by atoms with Crippen molar-refractivity contribution >= 4 is 0 Å². The lowest BCUT2D eigenvalue weighted by atomic mass is 9.73. The van der Waals surface area contributed by atoms with Crippen LogP contribution < -0.4 is 4.74 Å². The van der Waals surface area contributed by atoms with Crippen molar-refractivity contribution in [1.82, 2.24) is 0 Å². The van der Waals surface area contributed by atoms with Gasteiger partial charge in [0.2, 0.25) is 0 Å². The summed E-state index contributed by atoms with van der Waals surface area (Å²) in [5.41, 5.74) is 8.82. The van der Waals surface area contributed by atoms with Crippen molar-refractivity contribution in [2.75, 3.05) is 0 Å². The highest BCUT2D eigenvalue weighted by Gasteiger charge is 2.58. The number of hydrogen-bond donors (Lipinski definition) is 0. The number of allylic oxidation sites excluding steroid dienone is 2. The predicted molar refractivity (Wildman–Crippen MR) is 145 cm³/mol. The largest absolute Gasteiger partial charge is 0.457 e. The van der Waals surface area contributed by atoms with E-state index in [4.69, 9.17) is 4.74 Å². The first-order chi connectivity index (χ1) is 17.8. The molecule has 2 saturated carbocycles. The maximum Gasteiger partial charge on any atom is 0.127 e. The van der Waals surface area contributed by atoms with Crippen molar-refractivity contribution in [3.63, 3.8) is 0 Å². The summed E-state index contributed by atoms with van der Waals surface area (Å²) in [6.07, 6.45) is 9.98.